The largest absolute Gasteiger partial charge is 0.484 e. The number of hydrogen-bond acceptors (Lipinski definition) is 6. The van der Waals surface area contributed by atoms with Crippen molar-refractivity contribution in [2.24, 2.45) is 0 Å². The Kier molecular flexibility index (Phi) is 6.25. The maximum absolute atomic E-state index is 11.9. The summed E-state index contributed by atoms with van der Waals surface area (Å²) in [7, 11) is 0. The molecule has 0 spiro atoms. The molecular weight excluding hydrogens is 358 g/mol. The van der Waals surface area contributed by atoms with Crippen LogP contribution in [-0.4, -0.2) is 29.3 Å². The summed E-state index contributed by atoms with van der Waals surface area (Å²) in [5, 5.41) is 11.3. The van der Waals surface area contributed by atoms with Gasteiger partial charge in [0.2, 0.25) is 11.8 Å². The lowest BCUT2D eigenvalue weighted by atomic mass is 10.2. The maximum Gasteiger partial charge on any atom is 0.262 e. The van der Waals surface area contributed by atoms with E-state index in [0.29, 0.717) is 41.1 Å². The van der Waals surface area contributed by atoms with Crippen LogP contribution in [0, 0.1) is 0 Å². The normalized spacial score (nSPS) is 16.4. The molecule has 1 N–H and O–H groups in total. The molecule has 0 saturated carbocycles. The van der Waals surface area contributed by atoms with E-state index in [9.17, 15) is 4.79 Å². The quantitative estimate of drug-likeness (QED) is 0.760. The highest BCUT2D eigenvalue weighted by molar-refractivity contribution is 6.30. The number of carbonyl (C=O) groups is 1. The zero-order valence-electron chi connectivity index (χ0n) is 14.2. The van der Waals surface area contributed by atoms with Gasteiger partial charge in [-0.3, -0.25) is 4.79 Å². The van der Waals surface area contributed by atoms with Crippen LogP contribution < -0.4 is 10.1 Å². The van der Waals surface area contributed by atoms with Crippen molar-refractivity contribution >= 4 is 17.5 Å². The summed E-state index contributed by atoms with van der Waals surface area (Å²) in [6, 6.07) is 6.79. The summed E-state index contributed by atoms with van der Waals surface area (Å²) in [6.07, 6.45) is 2.81. The number of benzene rings is 1. The number of rotatable bonds is 8. The Morgan fingerprint density at radius 3 is 2.88 bits per heavy atom. The second-order valence-electron chi connectivity index (χ2n) is 5.93. The topological polar surface area (TPSA) is 86.5 Å². The second-order valence-corrected chi connectivity index (χ2v) is 6.37. The molecule has 1 aliphatic rings. The molecule has 1 saturated heterocycles. The van der Waals surface area contributed by atoms with Gasteiger partial charge in [0.05, 0.1) is 0 Å². The number of ether oxygens (including phenoxy) is 2. The van der Waals surface area contributed by atoms with E-state index in [1.54, 1.807) is 24.3 Å². The fraction of sp³-hybridized carbons (Fsp3) is 0.389. The minimum Gasteiger partial charge on any atom is -0.484 e. The average molecular weight is 378 g/mol. The Labute approximate surface area is 156 Å². The van der Waals surface area contributed by atoms with Gasteiger partial charge >= 0.3 is 0 Å². The first kappa shape index (κ1) is 18.4. The van der Waals surface area contributed by atoms with Crippen molar-refractivity contribution in [2.75, 3.05) is 13.2 Å². The van der Waals surface area contributed by atoms with E-state index in [0.717, 1.165) is 19.4 Å². The maximum atomic E-state index is 11.9. The third kappa shape index (κ3) is 5.31. The predicted octanol–water partition coefficient (Wildman–Crippen LogP) is 3.22. The van der Waals surface area contributed by atoms with Crippen LogP contribution in [0.15, 0.2) is 41.0 Å². The summed E-state index contributed by atoms with van der Waals surface area (Å²) in [5.74, 6) is 1.31. The molecular formula is C18H20ClN3O4. The summed E-state index contributed by atoms with van der Waals surface area (Å²) in [5.41, 5.74) is 0.562. The zero-order valence-corrected chi connectivity index (χ0v) is 15.0. The number of allylic oxidation sites excluding steroid dienone is 1. The van der Waals surface area contributed by atoms with E-state index in [4.69, 9.17) is 25.5 Å². The van der Waals surface area contributed by atoms with E-state index >= 15 is 0 Å². The Bertz CT molecular complexity index is 754. The smallest absolute Gasteiger partial charge is 0.262 e. The van der Waals surface area contributed by atoms with Crippen LogP contribution >= 0.6 is 11.6 Å². The van der Waals surface area contributed by atoms with Gasteiger partial charge in [-0.15, -0.1) is 10.2 Å². The molecule has 1 fully saturated rings. The van der Waals surface area contributed by atoms with Gasteiger partial charge in [0, 0.05) is 23.7 Å². The van der Waals surface area contributed by atoms with Crippen molar-refractivity contribution < 1.29 is 18.7 Å². The highest BCUT2D eigenvalue weighted by atomic mass is 35.5. The van der Waals surface area contributed by atoms with Gasteiger partial charge in [0.25, 0.3) is 5.91 Å². The highest BCUT2D eigenvalue weighted by Crippen LogP contribution is 2.27. The molecule has 3 rings (SSSR count). The molecule has 1 aromatic heterocycles. The van der Waals surface area contributed by atoms with E-state index in [-0.39, 0.29) is 18.6 Å². The number of nitrogens with zero attached hydrogens (tertiary/aromatic N) is 2. The Balaban J connectivity index is 1.38. The van der Waals surface area contributed by atoms with Crippen LogP contribution in [0.3, 0.4) is 0 Å². The average Bonchev–Trinajstić information content (AvgIpc) is 3.31. The van der Waals surface area contributed by atoms with E-state index in [1.165, 1.54) is 0 Å². The van der Waals surface area contributed by atoms with E-state index in [2.05, 4.69) is 22.1 Å². The van der Waals surface area contributed by atoms with Gasteiger partial charge in [0.15, 0.2) is 6.61 Å². The number of amides is 1. The molecule has 1 atom stereocenters. The van der Waals surface area contributed by atoms with Gasteiger partial charge in [0.1, 0.15) is 11.9 Å². The van der Waals surface area contributed by atoms with Crippen LogP contribution in [0.5, 0.6) is 5.75 Å². The van der Waals surface area contributed by atoms with Gasteiger partial charge in [-0.25, -0.2) is 0 Å². The number of halogens is 1. The van der Waals surface area contributed by atoms with Crippen molar-refractivity contribution in [1.29, 1.82) is 0 Å². The van der Waals surface area contributed by atoms with Crippen molar-refractivity contribution in [1.82, 2.24) is 15.5 Å². The number of carbonyl (C=O) groups excluding carboxylic acids is 1. The molecule has 26 heavy (non-hydrogen) atoms. The fourth-order valence-corrected chi connectivity index (χ4v) is 2.63. The lowest BCUT2D eigenvalue weighted by Gasteiger charge is -2.09. The molecule has 1 amide bonds. The number of aromatic nitrogens is 2. The molecule has 0 aliphatic carbocycles. The van der Waals surface area contributed by atoms with Gasteiger partial charge in [-0.1, -0.05) is 18.2 Å². The number of hydrogen-bond donors (Lipinski definition) is 1. The lowest BCUT2D eigenvalue weighted by Crippen LogP contribution is -2.28. The molecule has 0 bridgehead atoms. The first-order valence-corrected chi connectivity index (χ1v) is 8.78. The molecule has 1 aliphatic heterocycles. The standard InChI is InChI=1S/C18H20ClN3O4/c1-12(20-16(23)11-25-14-7-5-13(19)6-8-14)4-9-17-21-22-18(26-17)15-3-2-10-24-15/h5-8,15H,1-4,9-11H2,(H,20,23). The van der Waals surface area contributed by atoms with Crippen molar-refractivity contribution in [3.8, 4) is 5.75 Å². The molecule has 2 heterocycles. The molecule has 8 heteroatoms. The van der Waals surface area contributed by atoms with Crippen LogP contribution in [0.2, 0.25) is 5.02 Å². The van der Waals surface area contributed by atoms with Crippen molar-refractivity contribution in [3.63, 3.8) is 0 Å². The minimum atomic E-state index is -0.282. The lowest BCUT2D eigenvalue weighted by molar-refractivity contribution is -0.122. The van der Waals surface area contributed by atoms with Crippen LogP contribution in [-0.2, 0) is 16.0 Å². The molecule has 0 radical (unpaired) electrons. The molecule has 7 nitrogen and oxygen atoms in total. The van der Waals surface area contributed by atoms with Crippen molar-refractivity contribution in [2.45, 2.75) is 31.8 Å². The number of aryl methyl sites for hydroxylation is 1. The molecule has 2 aromatic rings. The first-order chi connectivity index (χ1) is 12.6. The van der Waals surface area contributed by atoms with Crippen LogP contribution in [0.25, 0.3) is 0 Å². The molecule has 1 aromatic carbocycles. The first-order valence-electron chi connectivity index (χ1n) is 8.40. The number of nitrogens with one attached hydrogen (secondary N) is 1. The Hall–Kier alpha value is -2.38. The highest BCUT2D eigenvalue weighted by Gasteiger charge is 2.23. The monoisotopic (exact) mass is 377 g/mol. The third-order valence-electron chi connectivity index (χ3n) is 3.83. The Morgan fingerprint density at radius 1 is 1.35 bits per heavy atom. The SMILES string of the molecule is C=C(CCc1nnc(C2CCCO2)o1)NC(=O)COc1ccc(Cl)cc1. The van der Waals surface area contributed by atoms with E-state index < -0.39 is 0 Å². The van der Waals surface area contributed by atoms with Crippen molar-refractivity contribution in [3.05, 3.63) is 53.3 Å². The van der Waals surface area contributed by atoms with Crippen LogP contribution in [0.4, 0.5) is 0 Å². The summed E-state index contributed by atoms with van der Waals surface area (Å²) >= 11 is 5.80. The van der Waals surface area contributed by atoms with Gasteiger partial charge in [-0.2, -0.15) is 0 Å². The minimum absolute atomic E-state index is 0.0934. The van der Waals surface area contributed by atoms with E-state index in [1.807, 2.05) is 0 Å². The molecule has 1 unspecified atom stereocenters. The third-order valence-corrected chi connectivity index (χ3v) is 4.08. The van der Waals surface area contributed by atoms with Gasteiger partial charge < -0.3 is 19.2 Å². The summed E-state index contributed by atoms with van der Waals surface area (Å²) in [4.78, 5) is 11.9. The molecule has 138 valence electrons. The zero-order chi connectivity index (χ0) is 18.4. The summed E-state index contributed by atoms with van der Waals surface area (Å²) < 4.78 is 16.5. The van der Waals surface area contributed by atoms with Crippen LogP contribution in [0.1, 0.15) is 37.1 Å². The Morgan fingerprint density at radius 2 is 2.15 bits per heavy atom. The fourth-order valence-electron chi connectivity index (χ4n) is 2.50. The summed E-state index contributed by atoms with van der Waals surface area (Å²) in [6.45, 7) is 4.46. The van der Waals surface area contributed by atoms with Gasteiger partial charge in [-0.05, 0) is 43.5 Å². The predicted molar refractivity (Wildman–Crippen MR) is 94.8 cm³/mol. The second kappa shape index (κ2) is 8.82.